The summed E-state index contributed by atoms with van der Waals surface area (Å²) in [5.41, 5.74) is -0.184. The molecule has 3 aromatic rings. The fourth-order valence-electron chi connectivity index (χ4n) is 2.63. The topological polar surface area (TPSA) is 84.2 Å². The van der Waals surface area contributed by atoms with Crippen LogP contribution in [0.2, 0.25) is 0 Å². The van der Waals surface area contributed by atoms with E-state index in [0.717, 1.165) is 17.0 Å². The molecule has 0 saturated carbocycles. The Morgan fingerprint density at radius 3 is 2.73 bits per heavy atom. The minimum atomic E-state index is -4.39. The van der Waals surface area contributed by atoms with Crippen LogP contribution in [0.4, 0.5) is 18.3 Å². The maximum atomic E-state index is 12.8. The number of nitrogens with one attached hydrogen (secondary N) is 2. The predicted molar refractivity (Wildman–Crippen MR) is 105 cm³/mol. The van der Waals surface area contributed by atoms with Crippen LogP contribution < -0.4 is 10.6 Å². The first kappa shape index (κ1) is 21.6. The molecule has 0 radical (unpaired) electrons. The average Bonchev–Trinajstić information content (AvgIpc) is 3.37. The van der Waals surface area contributed by atoms with Gasteiger partial charge in [0, 0.05) is 30.5 Å². The molecule has 0 saturated heterocycles. The summed E-state index contributed by atoms with van der Waals surface area (Å²) in [4.78, 5) is 28.5. The minimum Gasteiger partial charge on any atom is -0.459 e. The Morgan fingerprint density at radius 2 is 2.00 bits per heavy atom. The molecule has 0 aliphatic heterocycles. The number of hydrogen-bond donors (Lipinski definition) is 2. The number of hydrogen-bond acceptors (Lipinski definition) is 5. The molecule has 0 aliphatic rings. The number of halogens is 3. The van der Waals surface area contributed by atoms with E-state index in [1.54, 1.807) is 18.2 Å². The van der Waals surface area contributed by atoms with Crippen molar-refractivity contribution in [1.29, 1.82) is 0 Å². The summed E-state index contributed by atoms with van der Waals surface area (Å²) in [6, 6.07) is 8.27. The van der Waals surface area contributed by atoms with E-state index >= 15 is 0 Å². The van der Waals surface area contributed by atoms with E-state index in [2.05, 4.69) is 15.6 Å². The van der Waals surface area contributed by atoms with E-state index < -0.39 is 11.7 Å². The van der Waals surface area contributed by atoms with Crippen LogP contribution in [0.25, 0.3) is 0 Å². The number of thiazole rings is 1. The summed E-state index contributed by atoms with van der Waals surface area (Å²) in [6.45, 7) is 0.311. The first-order valence-electron chi connectivity index (χ1n) is 9.03. The largest absolute Gasteiger partial charge is 0.459 e. The third kappa shape index (κ3) is 6.18. The average molecular weight is 437 g/mol. The molecule has 0 spiro atoms. The number of rotatable bonds is 8. The van der Waals surface area contributed by atoms with Gasteiger partial charge in [-0.1, -0.05) is 18.2 Å². The molecule has 30 heavy (non-hydrogen) atoms. The Kier molecular flexibility index (Phi) is 6.88. The number of anilines is 1. The third-order valence-electron chi connectivity index (χ3n) is 4.04. The first-order chi connectivity index (χ1) is 14.3. The van der Waals surface area contributed by atoms with Gasteiger partial charge in [0.1, 0.15) is 0 Å². The number of aromatic nitrogens is 1. The van der Waals surface area contributed by atoms with Crippen molar-refractivity contribution in [3.05, 3.63) is 70.6 Å². The fraction of sp³-hybridized carbons (Fsp3) is 0.250. The Labute approximate surface area is 174 Å². The Balaban J connectivity index is 1.44. The highest BCUT2D eigenvalue weighted by Gasteiger charge is 2.30. The van der Waals surface area contributed by atoms with Crippen molar-refractivity contribution in [3.63, 3.8) is 0 Å². The highest BCUT2D eigenvalue weighted by Crippen LogP contribution is 2.30. The molecule has 0 atom stereocenters. The molecule has 2 aromatic heterocycles. The van der Waals surface area contributed by atoms with Crippen LogP contribution in [0.1, 0.15) is 39.4 Å². The van der Waals surface area contributed by atoms with Crippen molar-refractivity contribution in [3.8, 4) is 0 Å². The summed E-state index contributed by atoms with van der Waals surface area (Å²) in [6.07, 6.45) is -0.555. The lowest BCUT2D eigenvalue weighted by atomic mass is 10.1. The standard InChI is InChI=1S/C20H18F3N3O3S/c21-20(22,23)14-5-1-4-13(10-14)11-15-12-25-19(30-15)26-17(27)7-2-8-24-18(28)16-6-3-9-29-16/h1,3-6,9-10,12H,2,7-8,11H2,(H,24,28)(H,25,26,27). The molecule has 158 valence electrons. The van der Waals surface area contributed by atoms with Crippen molar-refractivity contribution < 1.29 is 27.2 Å². The van der Waals surface area contributed by atoms with E-state index in [-0.39, 0.29) is 30.4 Å². The van der Waals surface area contributed by atoms with Gasteiger partial charge in [0.15, 0.2) is 10.9 Å². The Hall–Kier alpha value is -3.14. The number of furan rings is 1. The lowest BCUT2D eigenvalue weighted by Crippen LogP contribution is -2.25. The van der Waals surface area contributed by atoms with Crippen molar-refractivity contribution in [2.24, 2.45) is 0 Å². The van der Waals surface area contributed by atoms with E-state index in [9.17, 15) is 22.8 Å². The lowest BCUT2D eigenvalue weighted by molar-refractivity contribution is -0.137. The number of carbonyl (C=O) groups is 2. The summed E-state index contributed by atoms with van der Waals surface area (Å²) in [5.74, 6) is -0.405. The van der Waals surface area contributed by atoms with Gasteiger partial charge in [0.05, 0.1) is 11.8 Å². The second-order valence-corrected chi connectivity index (χ2v) is 7.51. The number of carbonyl (C=O) groups excluding carboxylic acids is 2. The molecule has 0 bridgehead atoms. The van der Waals surface area contributed by atoms with Crippen LogP contribution in [-0.4, -0.2) is 23.3 Å². The van der Waals surface area contributed by atoms with Gasteiger partial charge >= 0.3 is 6.18 Å². The summed E-state index contributed by atoms with van der Waals surface area (Å²) >= 11 is 1.21. The van der Waals surface area contributed by atoms with Gasteiger partial charge in [0.25, 0.3) is 5.91 Å². The zero-order valence-corrected chi connectivity index (χ0v) is 16.5. The molecular formula is C20H18F3N3O3S. The highest BCUT2D eigenvalue weighted by atomic mass is 32.1. The SMILES string of the molecule is O=C(CCCNC(=O)c1ccco1)Nc1ncc(Cc2cccc(C(F)(F)F)c2)s1. The lowest BCUT2D eigenvalue weighted by Gasteiger charge is -2.07. The molecule has 0 aliphatic carbocycles. The van der Waals surface area contributed by atoms with Crippen LogP contribution in [-0.2, 0) is 17.4 Å². The first-order valence-corrected chi connectivity index (χ1v) is 9.85. The predicted octanol–water partition coefficient (Wildman–Crippen LogP) is 4.49. The molecule has 6 nitrogen and oxygen atoms in total. The van der Waals surface area contributed by atoms with Crippen LogP contribution in [0.15, 0.2) is 53.3 Å². The number of alkyl halides is 3. The van der Waals surface area contributed by atoms with Gasteiger partial charge in [-0.2, -0.15) is 13.2 Å². The van der Waals surface area contributed by atoms with E-state index in [1.807, 2.05) is 0 Å². The van der Waals surface area contributed by atoms with Crippen molar-refractivity contribution >= 4 is 28.3 Å². The van der Waals surface area contributed by atoms with Gasteiger partial charge < -0.3 is 15.1 Å². The second kappa shape index (κ2) is 9.57. The fourth-order valence-corrected chi connectivity index (χ4v) is 3.50. The van der Waals surface area contributed by atoms with Gasteiger partial charge in [-0.25, -0.2) is 4.98 Å². The molecule has 0 unspecified atom stereocenters. The Bertz CT molecular complexity index is 1000. The van der Waals surface area contributed by atoms with Crippen LogP contribution >= 0.6 is 11.3 Å². The Morgan fingerprint density at radius 1 is 1.17 bits per heavy atom. The van der Waals surface area contributed by atoms with Gasteiger partial charge in [0.2, 0.25) is 5.91 Å². The molecule has 1 aromatic carbocycles. The number of benzene rings is 1. The number of amides is 2. The molecule has 2 amide bonds. The molecule has 2 N–H and O–H groups in total. The smallest absolute Gasteiger partial charge is 0.416 e. The molecular weight excluding hydrogens is 419 g/mol. The van der Waals surface area contributed by atoms with Crippen LogP contribution in [0.5, 0.6) is 0 Å². The van der Waals surface area contributed by atoms with Crippen molar-refractivity contribution in [2.45, 2.75) is 25.4 Å². The highest BCUT2D eigenvalue weighted by molar-refractivity contribution is 7.15. The normalized spacial score (nSPS) is 11.3. The molecule has 10 heteroatoms. The summed E-state index contributed by atoms with van der Waals surface area (Å²) in [7, 11) is 0. The van der Waals surface area contributed by atoms with Gasteiger partial charge in [-0.3, -0.25) is 9.59 Å². The second-order valence-electron chi connectivity index (χ2n) is 6.39. The maximum absolute atomic E-state index is 12.8. The molecule has 2 heterocycles. The van der Waals surface area contributed by atoms with E-state index in [0.29, 0.717) is 23.7 Å². The minimum absolute atomic E-state index is 0.182. The molecule has 3 rings (SSSR count). The zero-order chi connectivity index (χ0) is 21.6. The van der Waals surface area contributed by atoms with E-state index in [4.69, 9.17) is 4.42 Å². The van der Waals surface area contributed by atoms with Crippen molar-refractivity contribution in [1.82, 2.24) is 10.3 Å². The summed E-state index contributed by atoms with van der Waals surface area (Å²) in [5, 5.41) is 5.68. The zero-order valence-electron chi connectivity index (χ0n) is 15.7. The van der Waals surface area contributed by atoms with Gasteiger partial charge in [-0.15, -0.1) is 11.3 Å². The quantitative estimate of drug-likeness (QED) is 0.509. The van der Waals surface area contributed by atoms with Crippen LogP contribution in [0, 0.1) is 0 Å². The third-order valence-corrected chi connectivity index (χ3v) is 4.96. The van der Waals surface area contributed by atoms with E-state index in [1.165, 1.54) is 29.9 Å². The monoisotopic (exact) mass is 437 g/mol. The van der Waals surface area contributed by atoms with Gasteiger partial charge in [-0.05, 0) is 30.2 Å². The number of nitrogens with zero attached hydrogens (tertiary/aromatic N) is 1. The van der Waals surface area contributed by atoms with Crippen molar-refractivity contribution in [2.75, 3.05) is 11.9 Å². The maximum Gasteiger partial charge on any atom is 0.416 e. The van der Waals surface area contributed by atoms with Crippen LogP contribution in [0.3, 0.4) is 0 Å². The molecule has 0 fully saturated rings. The summed E-state index contributed by atoms with van der Waals surface area (Å²) < 4.78 is 43.4.